The van der Waals surface area contributed by atoms with Crippen molar-refractivity contribution in [3.8, 4) is 0 Å². The summed E-state index contributed by atoms with van der Waals surface area (Å²) in [5, 5.41) is 11.5. The first-order valence-electron chi connectivity index (χ1n) is 5.10. The van der Waals surface area contributed by atoms with Gasteiger partial charge in [-0.1, -0.05) is 0 Å². The van der Waals surface area contributed by atoms with E-state index in [2.05, 4.69) is 39.7 Å². The Labute approximate surface area is 107 Å². The molecule has 16 heavy (non-hydrogen) atoms. The van der Waals surface area contributed by atoms with Crippen LogP contribution in [0.25, 0.3) is 0 Å². The average Bonchev–Trinajstić information content (AvgIpc) is 2.58. The molecule has 0 aliphatic rings. The van der Waals surface area contributed by atoms with E-state index >= 15 is 0 Å². The molecular formula is C10H15BrN2O2S. The minimum absolute atomic E-state index is 0.204. The van der Waals surface area contributed by atoms with E-state index in [4.69, 9.17) is 5.11 Å². The predicted molar refractivity (Wildman–Crippen MR) is 69.2 cm³/mol. The van der Waals surface area contributed by atoms with Gasteiger partial charge in [-0.3, -0.25) is 4.79 Å². The largest absolute Gasteiger partial charge is 0.481 e. The highest BCUT2D eigenvalue weighted by Gasteiger charge is 2.14. The van der Waals surface area contributed by atoms with Crippen LogP contribution in [0.3, 0.4) is 0 Å². The summed E-state index contributed by atoms with van der Waals surface area (Å²) in [6, 6.07) is 0.326. The van der Waals surface area contributed by atoms with Crippen molar-refractivity contribution < 1.29 is 9.90 Å². The van der Waals surface area contributed by atoms with Crippen molar-refractivity contribution in [2.75, 3.05) is 11.4 Å². The van der Waals surface area contributed by atoms with Gasteiger partial charge >= 0.3 is 5.97 Å². The third-order valence-corrected chi connectivity index (χ3v) is 3.71. The number of aromatic nitrogens is 1. The minimum Gasteiger partial charge on any atom is -0.481 e. The maximum absolute atomic E-state index is 10.5. The number of carboxylic acid groups (broad SMARTS) is 1. The zero-order valence-corrected chi connectivity index (χ0v) is 11.7. The van der Waals surface area contributed by atoms with E-state index < -0.39 is 5.97 Å². The van der Waals surface area contributed by atoms with Crippen LogP contribution in [0.1, 0.15) is 26.7 Å². The number of halogens is 1. The second-order valence-corrected chi connectivity index (χ2v) is 5.39. The summed E-state index contributed by atoms with van der Waals surface area (Å²) in [5.74, 6) is -0.746. The molecule has 0 fully saturated rings. The van der Waals surface area contributed by atoms with E-state index in [1.54, 1.807) is 11.3 Å². The highest BCUT2D eigenvalue weighted by atomic mass is 79.9. The first-order valence-corrected chi connectivity index (χ1v) is 6.77. The van der Waals surface area contributed by atoms with Gasteiger partial charge in [0.05, 0.1) is 0 Å². The lowest BCUT2D eigenvalue weighted by molar-refractivity contribution is -0.137. The molecule has 1 aromatic rings. The number of anilines is 1. The van der Waals surface area contributed by atoms with Gasteiger partial charge in [0.2, 0.25) is 0 Å². The second kappa shape index (κ2) is 6.20. The molecule has 1 heterocycles. The highest BCUT2D eigenvalue weighted by Crippen LogP contribution is 2.25. The molecule has 0 atom stereocenters. The standard InChI is InChI=1S/C10H15BrN2O2S/c1-7(2)13(5-3-4-9(14)15)10-12-8(11)6-16-10/h6-7H,3-5H2,1-2H3,(H,14,15). The van der Waals surface area contributed by atoms with Crippen LogP contribution in [0.2, 0.25) is 0 Å². The van der Waals surface area contributed by atoms with Gasteiger partial charge in [-0.15, -0.1) is 11.3 Å². The van der Waals surface area contributed by atoms with E-state index in [0.29, 0.717) is 12.5 Å². The Morgan fingerprint density at radius 1 is 1.69 bits per heavy atom. The van der Waals surface area contributed by atoms with Crippen molar-refractivity contribution in [2.45, 2.75) is 32.7 Å². The first kappa shape index (κ1) is 13.4. The Kier molecular flexibility index (Phi) is 5.21. The lowest BCUT2D eigenvalue weighted by atomic mass is 10.2. The summed E-state index contributed by atoms with van der Waals surface area (Å²) in [4.78, 5) is 16.9. The Bertz CT molecular complexity index is 354. The van der Waals surface area contributed by atoms with E-state index in [-0.39, 0.29) is 6.42 Å². The Morgan fingerprint density at radius 3 is 2.81 bits per heavy atom. The Morgan fingerprint density at radius 2 is 2.38 bits per heavy atom. The number of nitrogens with zero attached hydrogens (tertiary/aromatic N) is 2. The van der Waals surface area contributed by atoms with Crippen LogP contribution in [0.4, 0.5) is 5.13 Å². The predicted octanol–water partition coefficient (Wildman–Crippen LogP) is 2.99. The van der Waals surface area contributed by atoms with Gasteiger partial charge in [0.1, 0.15) is 4.60 Å². The van der Waals surface area contributed by atoms with E-state index in [1.165, 1.54) is 0 Å². The minimum atomic E-state index is -0.746. The van der Waals surface area contributed by atoms with Crippen LogP contribution in [0, 0.1) is 0 Å². The fourth-order valence-corrected chi connectivity index (χ4v) is 2.76. The maximum atomic E-state index is 10.5. The molecule has 0 aliphatic carbocycles. The van der Waals surface area contributed by atoms with Crippen molar-refractivity contribution >= 4 is 38.4 Å². The van der Waals surface area contributed by atoms with Gasteiger partial charge in [0, 0.05) is 24.4 Å². The highest BCUT2D eigenvalue weighted by molar-refractivity contribution is 9.10. The zero-order chi connectivity index (χ0) is 12.1. The number of hydrogen-bond donors (Lipinski definition) is 1. The van der Waals surface area contributed by atoms with Gasteiger partial charge < -0.3 is 10.0 Å². The lowest BCUT2D eigenvalue weighted by Gasteiger charge is -2.25. The van der Waals surface area contributed by atoms with Gasteiger partial charge in [-0.2, -0.15) is 0 Å². The monoisotopic (exact) mass is 306 g/mol. The number of hydrogen-bond acceptors (Lipinski definition) is 4. The molecule has 0 spiro atoms. The molecule has 1 rings (SSSR count). The fraction of sp³-hybridized carbons (Fsp3) is 0.600. The smallest absolute Gasteiger partial charge is 0.303 e. The van der Waals surface area contributed by atoms with Crippen LogP contribution < -0.4 is 4.90 Å². The van der Waals surface area contributed by atoms with Crippen molar-refractivity contribution in [1.29, 1.82) is 0 Å². The van der Waals surface area contributed by atoms with E-state index in [0.717, 1.165) is 16.3 Å². The molecule has 6 heteroatoms. The summed E-state index contributed by atoms with van der Waals surface area (Å²) in [5.41, 5.74) is 0. The summed E-state index contributed by atoms with van der Waals surface area (Å²) in [7, 11) is 0. The quantitative estimate of drug-likeness (QED) is 0.878. The van der Waals surface area contributed by atoms with Crippen LogP contribution in [0.5, 0.6) is 0 Å². The van der Waals surface area contributed by atoms with Crippen LogP contribution in [-0.4, -0.2) is 28.6 Å². The lowest BCUT2D eigenvalue weighted by Crippen LogP contribution is -2.31. The summed E-state index contributed by atoms with van der Waals surface area (Å²) in [6.07, 6.45) is 0.848. The van der Waals surface area contributed by atoms with Gasteiger partial charge in [-0.05, 0) is 36.2 Å². The Hall–Kier alpha value is -0.620. The summed E-state index contributed by atoms with van der Waals surface area (Å²) >= 11 is 4.88. The van der Waals surface area contributed by atoms with Crippen molar-refractivity contribution in [3.63, 3.8) is 0 Å². The van der Waals surface area contributed by atoms with Crippen LogP contribution >= 0.6 is 27.3 Å². The number of carboxylic acids is 1. The van der Waals surface area contributed by atoms with Crippen molar-refractivity contribution in [1.82, 2.24) is 4.98 Å². The van der Waals surface area contributed by atoms with Crippen LogP contribution in [0.15, 0.2) is 9.98 Å². The first-order chi connectivity index (χ1) is 7.50. The average molecular weight is 307 g/mol. The fourth-order valence-electron chi connectivity index (χ4n) is 1.35. The number of aliphatic carboxylic acids is 1. The van der Waals surface area contributed by atoms with Crippen molar-refractivity contribution in [3.05, 3.63) is 9.98 Å². The van der Waals surface area contributed by atoms with Gasteiger partial charge in [-0.25, -0.2) is 4.98 Å². The summed E-state index contributed by atoms with van der Waals surface area (Å²) < 4.78 is 0.830. The molecule has 0 saturated carbocycles. The molecule has 0 aromatic carbocycles. The molecular weight excluding hydrogens is 292 g/mol. The molecule has 0 saturated heterocycles. The number of thiazole rings is 1. The molecule has 1 N–H and O–H groups in total. The molecule has 0 radical (unpaired) electrons. The van der Waals surface area contributed by atoms with Gasteiger partial charge in [0.25, 0.3) is 0 Å². The van der Waals surface area contributed by atoms with Crippen molar-refractivity contribution in [2.24, 2.45) is 0 Å². The molecule has 4 nitrogen and oxygen atoms in total. The third kappa shape index (κ3) is 4.09. The third-order valence-electron chi connectivity index (χ3n) is 2.12. The molecule has 0 unspecified atom stereocenters. The molecule has 1 aromatic heterocycles. The van der Waals surface area contributed by atoms with Crippen LogP contribution in [-0.2, 0) is 4.79 Å². The second-order valence-electron chi connectivity index (χ2n) is 3.74. The SMILES string of the molecule is CC(C)N(CCCC(=O)O)c1nc(Br)cs1. The Balaban J connectivity index is 2.58. The topological polar surface area (TPSA) is 53.4 Å². The molecule has 0 bridgehead atoms. The maximum Gasteiger partial charge on any atom is 0.303 e. The van der Waals surface area contributed by atoms with E-state index in [9.17, 15) is 4.79 Å². The normalized spacial score (nSPS) is 10.8. The number of carbonyl (C=O) groups is 1. The van der Waals surface area contributed by atoms with E-state index in [1.807, 2.05) is 5.38 Å². The zero-order valence-electron chi connectivity index (χ0n) is 9.31. The summed E-state index contributed by atoms with van der Waals surface area (Å²) in [6.45, 7) is 4.88. The number of rotatable bonds is 6. The molecule has 0 amide bonds. The van der Waals surface area contributed by atoms with Gasteiger partial charge in [0.15, 0.2) is 5.13 Å². The molecule has 90 valence electrons. The molecule has 0 aliphatic heterocycles.